The smallest absolute Gasteiger partial charge is 0.254 e. The van der Waals surface area contributed by atoms with Crippen molar-refractivity contribution in [1.29, 1.82) is 0 Å². The SMILES string of the molecule is COc1cc2c(cc1OC)[C@@H](C(=O)NCCCN1CCN(C)CC1)[C@H](c1cccs1)N(C)C2=O. The summed E-state index contributed by atoms with van der Waals surface area (Å²) >= 11 is 1.56. The van der Waals surface area contributed by atoms with Crippen molar-refractivity contribution in [1.82, 2.24) is 20.0 Å². The molecule has 0 spiro atoms. The van der Waals surface area contributed by atoms with Crippen LogP contribution < -0.4 is 14.8 Å². The van der Waals surface area contributed by atoms with Gasteiger partial charge in [-0.15, -0.1) is 11.3 Å². The van der Waals surface area contributed by atoms with Crippen LogP contribution >= 0.6 is 11.3 Å². The summed E-state index contributed by atoms with van der Waals surface area (Å²) in [6, 6.07) is 7.03. The lowest BCUT2D eigenvalue weighted by Gasteiger charge is -2.39. The molecule has 1 fully saturated rings. The molecule has 2 aromatic rings. The lowest BCUT2D eigenvalue weighted by Crippen LogP contribution is -2.46. The first-order valence-corrected chi connectivity index (χ1v) is 12.6. The maximum absolute atomic E-state index is 13.6. The van der Waals surface area contributed by atoms with Crippen LogP contribution in [-0.2, 0) is 4.79 Å². The van der Waals surface area contributed by atoms with Crippen molar-refractivity contribution in [2.45, 2.75) is 18.4 Å². The number of nitrogens with one attached hydrogen (secondary N) is 1. The van der Waals surface area contributed by atoms with E-state index in [9.17, 15) is 9.59 Å². The Hall–Kier alpha value is -2.62. The van der Waals surface area contributed by atoms with E-state index in [1.807, 2.05) is 17.5 Å². The average molecular weight is 487 g/mol. The Morgan fingerprint density at radius 3 is 2.47 bits per heavy atom. The number of likely N-dealkylation sites (N-methyl/N-ethyl adjacent to an activating group) is 2. The summed E-state index contributed by atoms with van der Waals surface area (Å²) in [7, 11) is 7.02. The normalized spacial score (nSPS) is 21.3. The minimum Gasteiger partial charge on any atom is -0.493 e. The highest BCUT2D eigenvalue weighted by atomic mass is 32.1. The van der Waals surface area contributed by atoms with Gasteiger partial charge in [-0.3, -0.25) is 9.59 Å². The first-order chi connectivity index (χ1) is 16.4. The van der Waals surface area contributed by atoms with E-state index >= 15 is 0 Å². The zero-order valence-electron chi connectivity index (χ0n) is 20.4. The molecule has 0 aliphatic carbocycles. The summed E-state index contributed by atoms with van der Waals surface area (Å²) in [5, 5.41) is 5.13. The number of rotatable bonds is 8. The molecule has 8 nitrogen and oxygen atoms in total. The molecular formula is C25H34N4O4S. The minimum absolute atomic E-state index is 0.0791. The van der Waals surface area contributed by atoms with Gasteiger partial charge >= 0.3 is 0 Å². The standard InChI is InChI=1S/C25H34N4O4S/c1-27-10-12-29(13-11-27)9-6-8-26-24(30)22-17-15-19(32-3)20(33-4)16-18(17)25(31)28(2)23(22)21-7-5-14-34-21/h5,7,14-16,22-23H,6,8-13H2,1-4H3,(H,26,30)/t22-,23+/m1/s1. The van der Waals surface area contributed by atoms with E-state index in [1.165, 1.54) is 0 Å². The fraction of sp³-hybridized carbons (Fsp3) is 0.520. The summed E-state index contributed by atoms with van der Waals surface area (Å²) in [6.45, 7) is 5.86. The summed E-state index contributed by atoms with van der Waals surface area (Å²) < 4.78 is 10.9. The van der Waals surface area contributed by atoms with Crippen LogP contribution in [0.5, 0.6) is 11.5 Å². The molecule has 1 aromatic heterocycles. The van der Waals surface area contributed by atoms with Crippen molar-refractivity contribution >= 4 is 23.2 Å². The second-order valence-electron chi connectivity index (χ2n) is 8.94. The second kappa shape index (κ2) is 10.8. The number of fused-ring (bicyclic) bond motifs is 1. The zero-order valence-corrected chi connectivity index (χ0v) is 21.2. The van der Waals surface area contributed by atoms with E-state index in [4.69, 9.17) is 9.47 Å². The van der Waals surface area contributed by atoms with Gasteiger partial charge in [-0.05, 0) is 49.2 Å². The lowest BCUT2D eigenvalue weighted by atomic mass is 9.81. The van der Waals surface area contributed by atoms with E-state index in [0.717, 1.165) is 44.0 Å². The molecule has 3 heterocycles. The number of carbonyl (C=O) groups excluding carboxylic acids is 2. The number of amides is 2. The number of hydrogen-bond donors (Lipinski definition) is 1. The highest BCUT2D eigenvalue weighted by Gasteiger charge is 2.44. The van der Waals surface area contributed by atoms with Crippen LogP contribution in [0.3, 0.4) is 0 Å². The van der Waals surface area contributed by atoms with Crippen LogP contribution in [0.25, 0.3) is 0 Å². The highest BCUT2D eigenvalue weighted by Crippen LogP contribution is 2.46. The Kier molecular flexibility index (Phi) is 7.75. The number of benzene rings is 1. The Bertz CT molecular complexity index is 1000. The largest absolute Gasteiger partial charge is 0.493 e. The van der Waals surface area contributed by atoms with Gasteiger partial charge in [0.05, 0.1) is 26.2 Å². The van der Waals surface area contributed by atoms with Gasteiger partial charge in [0.2, 0.25) is 5.91 Å². The molecule has 184 valence electrons. The molecule has 2 amide bonds. The Balaban J connectivity index is 1.56. The van der Waals surface area contributed by atoms with Gasteiger partial charge in [0.1, 0.15) is 0 Å². The Morgan fingerprint density at radius 2 is 1.82 bits per heavy atom. The molecule has 1 N–H and O–H groups in total. The molecule has 1 aromatic carbocycles. The molecular weight excluding hydrogens is 452 g/mol. The van der Waals surface area contributed by atoms with E-state index in [-0.39, 0.29) is 17.9 Å². The second-order valence-corrected chi connectivity index (χ2v) is 9.92. The van der Waals surface area contributed by atoms with Crippen LogP contribution in [0.4, 0.5) is 0 Å². The first-order valence-electron chi connectivity index (χ1n) is 11.7. The van der Waals surface area contributed by atoms with Crippen molar-refractivity contribution < 1.29 is 19.1 Å². The Morgan fingerprint density at radius 1 is 1.12 bits per heavy atom. The van der Waals surface area contributed by atoms with Crippen LogP contribution in [0.1, 0.15) is 39.2 Å². The molecule has 2 atom stereocenters. The van der Waals surface area contributed by atoms with Crippen molar-refractivity contribution in [3.05, 3.63) is 45.6 Å². The number of hydrogen-bond acceptors (Lipinski definition) is 7. The maximum atomic E-state index is 13.6. The fourth-order valence-electron chi connectivity index (χ4n) is 4.84. The predicted molar refractivity (Wildman–Crippen MR) is 133 cm³/mol. The lowest BCUT2D eigenvalue weighted by molar-refractivity contribution is -0.124. The molecule has 0 saturated carbocycles. The third kappa shape index (κ3) is 4.92. The topological polar surface area (TPSA) is 74.4 Å². The quantitative estimate of drug-likeness (QED) is 0.578. The average Bonchev–Trinajstić information content (AvgIpc) is 3.38. The van der Waals surface area contributed by atoms with E-state index in [0.29, 0.717) is 29.2 Å². The molecule has 0 bridgehead atoms. The molecule has 4 rings (SSSR count). The third-order valence-corrected chi connectivity index (χ3v) is 7.78. The van der Waals surface area contributed by atoms with Gasteiger partial charge in [0.25, 0.3) is 5.91 Å². The highest BCUT2D eigenvalue weighted by molar-refractivity contribution is 7.10. The minimum atomic E-state index is -0.542. The van der Waals surface area contributed by atoms with Gasteiger partial charge in [-0.1, -0.05) is 6.07 Å². The van der Waals surface area contributed by atoms with Crippen molar-refractivity contribution in [3.63, 3.8) is 0 Å². The maximum Gasteiger partial charge on any atom is 0.254 e. The van der Waals surface area contributed by atoms with Gasteiger partial charge in [-0.2, -0.15) is 0 Å². The molecule has 1 saturated heterocycles. The predicted octanol–water partition coefficient (Wildman–Crippen LogP) is 2.43. The van der Waals surface area contributed by atoms with E-state index in [1.54, 1.807) is 49.6 Å². The number of ether oxygens (including phenoxy) is 2. The summed E-state index contributed by atoms with van der Waals surface area (Å²) in [4.78, 5) is 34.4. The van der Waals surface area contributed by atoms with E-state index in [2.05, 4.69) is 22.2 Å². The fourth-order valence-corrected chi connectivity index (χ4v) is 5.75. The number of thiophene rings is 1. The van der Waals surface area contributed by atoms with Gasteiger partial charge in [0, 0.05) is 50.2 Å². The monoisotopic (exact) mass is 486 g/mol. The van der Waals surface area contributed by atoms with Gasteiger partial charge < -0.3 is 29.5 Å². The third-order valence-electron chi connectivity index (χ3n) is 6.84. The number of nitrogens with zero attached hydrogens (tertiary/aromatic N) is 3. The van der Waals surface area contributed by atoms with Crippen LogP contribution in [0, 0.1) is 0 Å². The molecule has 9 heteroatoms. The summed E-state index contributed by atoms with van der Waals surface area (Å²) in [5.41, 5.74) is 1.15. The molecule has 2 aliphatic rings. The van der Waals surface area contributed by atoms with Gasteiger partial charge in [0.15, 0.2) is 11.5 Å². The molecule has 0 radical (unpaired) electrons. The molecule has 2 aliphatic heterocycles. The number of carbonyl (C=O) groups is 2. The van der Waals surface area contributed by atoms with Crippen molar-refractivity contribution in [2.75, 3.05) is 67.6 Å². The summed E-state index contributed by atoms with van der Waals surface area (Å²) in [6.07, 6.45) is 0.888. The van der Waals surface area contributed by atoms with Gasteiger partial charge in [-0.25, -0.2) is 0 Å². The van der Waals surface area contributed by atoms with Crippen LogP contribution in [0.15, 0.2) is 29.6 Å². The zero-order chi connectivity index (χ0) is 24.2. The van der Waals surface area contributed by atoms with Crippen LogP contribution in [-0.4, -0.2) is 94.1 Å². The Labute approximate surface area is 205 Å². The molecule has 34 heavy (non-hydrogen) atoms. The molecule has 0 unspecified atom stereocenters. The van der Waals surface area contributed by atoms with E-state index < -0.39 is 5.92 Å². The van der Waals surface area contributed by atoms with Crippen molar-refractivity contribution in [3.8, 4) is 11.5 Å². The van der Waals surface area contributed by atoms with Crippen LogP contribution in [0.2, 0.25) is 0 Å². The number of methoxy groups -OCH3 is 2. The first kappa shape index (κ1) is 24.5. The number of piperazine rings is 1. The van der Waals surface area contributed by atoms with Crippen molar-refractivity contribution in [2.24, 2.45) is 0 Å². The summed E-state index contributed by atoms with van der Waals surface area (Å²) in [5.74, 6) is 0.234.